The Labute approximate surface area is 153 Å². The molecule has 2 aromatic carbocycles. The minimum absolute atomic E-state index is 0.284. The molecule has 25 heavy (non-hydrogen) atoms. The lowest BCUT2D eigenvalue weighted by molar-refractivity contribution is -0.111. The summed E-state index contributed by atoms with van der Waals surface area (Å²) in [5.74, 6) is -0.593. The van der Waals surface area contributed by atoms with Crippen LogP contribution in [0, 0.1) is 5.82 Å². The zero-order valence-corrected chi connectivity index (χ0v) is 14.7. The van der Waals surface area contributed by atoms with Crippen LogP contribution >= 0.6 is 22.9 Å². The number of thiazole rings is 1. The van der Waals surface area contributed by atoms with Crippen molar-refractivity contribution >= 4 is 40.1 Å². The summed E-state index contributed by atoms with van der Waals surface area (Å²) in [7, 11) is 0. The van der Waals surface area contributed by atoms with Crippen LogP contribution < -0.4 is 5.32 Å². The van der Waals surface area contributed by atoms with Gasteiger partial charge in [-0.15, -0.1) is 11.3 Å². The van der Waals surface area contributed by atoms with Crippen LogP contribution in [0.3, 0.4) is 0 Å². The Hall–Kier alpha value is -2.50. The predicted octanol–water partition coefficient (Wildman–Crippen LogP) is 5.18. The normalized spacial score (nSPS) is 11.0. The van der Waals surface area contributed by atoms with Gasteiger partial charge < -0.3 is 0 Å². The Kier molecular flexibility index (Phi) is 5.58. The van der Waals surface area contributed by atoms with Crippen LogP contribution in [-0.4, -0.2) is 10.9 Å². The first kappa shape index (κ1) is 17.3. The first-order chi connectivity index (χ1) is 12.1. The molecular formula is C19H14ClFN2OS. The molecule has 1 amide bonds. The summed E-state index contributed by atoms with van der Waals surface area (Å²) in [5, 5.41) is 3.95. The molecule has 0 saturated heterocycles. The van der Waals surface area contributed by atoms with E-state index in [2.05, 4.69) is 10.3 Å². The maximum atomic E-state index is 12.8. The summed E-state index contributed by atoms with van der Waals surface area (Å²) in [6.07, 6.45) is 5.46. The summed E-state index contributed by atoms with van der Waals surface area (Å²) < 4.78 is 12.8. The lowest BCUT2D eigenvalue weighted by Crippen LogP contribution is -2.07. The quantitative estimate of drug-likeness (QED) is 0.627. The zero-order chi connectivity index (χ0) is 17.6. The highest BCUT2D eigenvalue weighted by Gasteiger charge is 2.06. The number of nitrogens with one attached hydrogen (secondary N) is 1. The fraction of sp³-hybridized carbons (Fsp3) is 0.0526. The van der Waals surface area contributed by atoms with E-state index in [0.29, 0.717) is 16.6 Å². The van der Waals surface area contributed by atoms with Crippen molar-refractivity contribution in [1.29, 1.82) is 0 Å². The van der Waals surface area contributed by atoms with Crippen molar-refractivity contribution in [2.75, 3.05) is 5.32 Å². The van der Waals surface area contributed by atoms with Gasteiger partial charge in [0.25, 0.3) is 0 Å². The molecule has 1 N–H and O–H groups in total. The molecule has 126 valence electrons. The molecule has 0 fully saturated rings. The molecule has 0 saturated carbocycles. The number of carbonyl (C=O) groups excluding carboxylic acids is 1. The monoisotopic (exact) mass is 372 g/mol. The third kappa shape index (κ3) is 5.24. The Bertz CT molecular complexity index is 906. The standard InChI is InChI=1S/C19H14ClFN2OS/c20-15-3-1-2-14(10-15)11-17-12-22-19(25-17)23-18(24)9-6-13-4-7-16(21)8-5-13/h1-10,12H,11H2,(H,22,23,24). The van der Waals surface area contributed by atoms with Gasteiger partial charge in [0.2, 0.25) is 5.91 Å². The fourth-order valence-electron chi connectivity index (χ4n) is 2.19. The number of hydrogen-bond donors (Lipinski definition) is 1. The Morgan fingerprint density at radius 1 is 1.24 bits per heavy atom. The maximum Gasteiger partial charge on any atom is 0.250 e. The molecule has 3 aromatic rings. The van der Waals surface area contributed by atoms with Crippen molar-refractivity contribution in [2.45, 2.75) is 6.42 Å². The average Bonchev–Trinajstić information content (AvgIpc) is 3.01. The molecule has 0 radical (unpaired) electrons. The lowest BCUT2D eigenvalue weighted by Gasteiger charge is -1.99. The highest BCUT2D eigenvalue weighted by atomic mass is 35.5. The second-order valence-corrected chi connectivity index (χ2v) is 6.86. The molecule has 3 rings (SSSR count). The summed E-state index contributed by atoms with van der Waals surface area (Å²) in [6.45, 7) is 0. The van der Waals surface area contributed by atoms with Crippen LogP contribution in [0.4, 0.5) is 9.52 Å². The van der Waals surface area contributed by atoms with Gasteiger partial charge in [-0.25, -0.2) is 9.37 Å². The minimum atomic E-state index is -0.309. The van der Waals surface area contributed by atoms with E-state index in [1.165, 1.54) is 29.5 Å². The number of anilines is 1. The first-order valence-corrected chi connectivity index (χ1v) is 8.72. The van der Waals surface area contributed by atoms with Gasteiger partial charge in [0.05, 0.1) is 0 Å². The molecule has 0 aliphatic carbocycles. The molecule has 0 bridgehead atoms. The van der Waals surface area contributed by atoms with Crippen molar-refractivity contribution in [3.05, 3.63) is 87.6 Å². The summed E-state index contributed by atoms with van der Waals surface area (Å²) in [6, 6.07) is 13.5. The largest absolute Gasteiger partial charge is 0.298 e. The fourth-order valence-corrected chi connectivity index (χ4v) is 3.25. The van der Waals surface area contributed by atoms with E-state index in [-0.39, 0.29) is 11.7 Å². The lowest BCUT2D eigenvalue weighted by atomic mass is 10.1. The smallest absolute Gasteiger partial charge is 0.250 e. The van der Waals surface area contributed by atoms with Gasteiger partial charge in [-0.2, -0.15) is 0 Å². The number of nitrogens with zero attached hydrogens (tertiary/aromatic N) is 1. The van der Waals surface area contributed by atoms with E-state index in [9.17, 15) is 9.18 Å². The molecule has 0 aliphatic heterocycles. The number of halogens is 2. The zero-order valence-electron chi connectivity index (χ0n) is 13.1. The van der Waals surface area contributed by atoms with Gasteiger partial charge in [-0.1, -0.05) is 35.9 Å². The summed E-state index contributed by atoms with van der Waals surface area (Å²) in [5.41, 5.74) is 1.84. The van der Waals surface area contributed by atoms with Gasteiger partial charge >= 0.3 is 0 Å². The van der Waals surface area contributed by atoms with Crippen molar-refractivity contribution in [1.82, 2.24) is 4.98 Å². The first-order valence-electron chi connectivity index (χ1n) is 7.52. The Balaban J connectivity index is 1.59. The molecule has 0 atom stereocenters. The SMILES string of the molecule is O=C(C=Cc1ccc(F)cc1)Nc1ncc(Cc2cccc(Cl)c2)s1. The molecule has 0 spiro atoms. The number of rotatable bonds is 5. The number of benzene rings is 2. The van der Waals surface area contributed by atoms with E-state index in [4.69, 9.17) is 11.6 Å². The van der Waals surface area contributed by atoms with E-state index in [1.807, 2.05) is 24.3 Å². The Morgan fingerprint density at radius 2 is 2.04 bits per heavy atom. The van der Waals surface area contributed by atoms with Gasteiger partial charge in [0.15, 0.2) is 5.13 Å². The van der Waals surface area contributed by atoms with Crippen LogP contribution in [0.5, 0.6) is 0 Å². The molecule has 3 nitrogen and oxygen atoms in total. The number of aromatic nitrogens is 1. The number of carbonyl (C=O) groups is 1. The molecule has 1 aromatic heterocycles. The highest BCUT2D eigenvalue weighted by molar-refractivity contribution is 7.15. The van der Waals surface area contributed by atoms with Gasteiger partial charge in [-0.05, 0) is 41.5 Å². The van der Waals surface area contributed by atoms with Gasteiger partial charge in [0, 0.05) is 28.6 Å². The summed E-state index contributed by atoms with van der Waals surface area (Å²) >= 11 is 7.40. The van der Waals surface area contributed by atoms with Crippen LogP contribution in [0.25, 0.3) is 6.08 Å². The predicted molar refractivity (Wildman–Crippen MR) is 100 cm³/mol. The molecule has 6 heteroatoms. The van der Waals surface area contributed by atoms with Crippen LogP contribution in [0.1, 0.15) is 16.0 Å². The highest BCUT2D eigenvalue weighted by Crippen LogP contribution is 2.22. The van der Waals surface area contributed by atoms with Crippen LogP contribution in [-0.2, 0) is 11.2 Å². The number of hydrogen-bond acceptors (Lipinski definition) is 3. The average molecular weight is 373 g/mol. The number of amides is 1. The third-order valence-electron chi connectivity index (χ3n) is 3.35. The molecule has 1 heterocycles. The third-order valence-corrected chi connectivity index (χ3v) is 4.50. The molecular weight excluding hydrogens is 359 g/mol. The topological polar surface area (TPSA) is 42.0 Å². The van der Waals surface area contributed by atoms with Gasteiger partial charge in [0.1, 0.15) is 5.82 Å². The maximum absolute atomic E-state index is 12.8. The van der Waals surface area contributed by atoms with Crippen molar-refractivity contribution in [2.24, 2.45) is 0 Å². The Morgan fingerprint density at radius 3 is 2.80 bits per heavy atom. The van der Waals surface area contributed by atoms with E-state index in [1.54, 1.807) is 24.4 Å². The van der Waals surface area contributed by atoms with E-state index in [0.717, 1.165) is 16.0 Å². The molecule has 0 aliphatic rings. The second-order valence-electron chi connectivity index (χ2n) is 5.31. The van der Waals surface area contributed by atoms with Crippen molar-refractivity contribution in [3.63, 3.8) is 0 Å². The van der Waals surface area contributed by atoms with Crippen molar-refractivity contribution < 1.29 is 9.18 Å². The van der Waals surface area contributed by atoms with E-state index < -0.39 is 0 Å². The minimum Gasteiger partial charge on any atom is -0.298 e. The second kappa shape index (κ2) is 8.05. The summed E-state index contributed by atoms with van der Waals surface area (Å²) in [4.78, 5) is 17.2. The van der Waals surface area contributed by atoms with Gasteiger partial charge in [-0.3, -0.25) is 10.1 Å². The molecule has 0 unspecified atom stereocenters. The van der Waals surface area contributed by atoms with Crippen LogP contribution in [0.15, 0.2) is 60.8 Å². The van der Waals surface area contributed by atoms with Crippen molar-refractivity contribution in [3.8, 4) is 0 Å². The van der Waals surface area contributed by atoms with Crippen LogP contribution in [0.2, 0.25) is 5.02 Å². The van der Waals surface area contributed by atoms with E-state index >= 15 is 0 Å².